The Morgan fingerprint density at radius 2 is 1.77 bits per heavy atom. The fourth-order valence-corrected chi connectivity index (χ4v) is 5.85. The first-order chi connectivity index (χ1) is 14.3. The van der Waals surface area contributed by atoms with E-state index in [0.717, 1.165) is 30.6 Å². The molecule has 2 heterocycles. The first kappa shape index (κ1) is 22.5. The highest BCUT2D eigenvalue weighted by atomic mass is 32.2. The zero-order valence-electron chi connectivity index (χ0n) is 17.1. The summed E-state index contributed by atoms with van der Waals surface area (Å²) in [5, 5.41) is 2.61. The van der Waals surface area contributed by atoms with Gasteiger partial charge in [-0.2, -0.15) is 4.31 Å². The molecule has 0 radical (unpaired) electrons. The lowest BCUT2D eigenvalue weighted by molar-refractivity contribution is -0.119. The summed E-state index contributed by atoms with van der Waals surface area (Å²) in [5.41, 5.74) is 0.971. The van der Waals surface area contributed by atoms with Crippen molar-refractivity contribution in [2.24, 2.45) is 0 Å². The van der Waals surface area contributed by atoms with Crippen molar-refractivity contribution in [2.75, 3.05) is 25.0 Å². The summed E-state index contributed by atoms with van der Waals surface area (Å²) in [6.07, 6.45) is 3.77. The predicted octanol–water partition coefficient (Wildman–Crippen LogP) is 3.73. The van der Waals surface area contributed by atoms with Gasteiger partial charge in [0.1, 0.15) is 4.88 Å². The number of ether oxygens (including phenoxy) is 1. The molecule has 0 aliphatic carbocycles. The topological polar surface area (TPSA) is 92.8 Å². The van der Waals surface area contributed by atoms with Gasteiger partial charge < -0.3 is 10.1 Å². The Hall–Kier alpha value is -2.23. The van der Waals surface area contributed by atoms with E-state index in [4.69, 9.17) is 4.74 Å². The van der Waals surface area contributed by atoms with E-state index in [-0.39, 0.29) is 4.90 Å². The largest absolute Gasteiger partial charge is 0.451 e. The van der Waals surface area contributed by atoms with Crippen molar-refractivity contribution in [1.29, 1.82) is 0 Å². The summed E-state index contributed by atoms with van der Waals surface area (Å²) in [5.74, 6) is -1.09. The van der Waals surface area contributed by atoms with Crippen molar-refractivity contribution in [2.45, 2.75) is 44.4 Å². The van der Waals surface area contributed by atoms with Crippen LogP contribution in [0.3, 0.4) is 0 Å². The van der Waals surface area contributed by atoms with E-state index >= 15 is 0 Å². The fourth-order valence-electron chi connectivity index (χ4n) is 3.32. The summed E-state index contributed by atoms with van der Waals surface area (Å²) in [6.45, 7) is 4.19. The maximum absolute atomic E-state index is 13.1. The van der Waals surface area contributed by atoms with E-state index in [9.17, 15) is 18.0 Å². The molecule has 0 atom stereocenters. The van der Waals surface area contributed by atoms with Crippen LogP contribution in [-0.4, -0.2) is 44.3 Å². The smallest absolute Gasteiger partial charge is 0.348 e. The second kappa shape index (κ2) is 9.72. The number of hydrogen-bond acceptors (Lipinski definition) is 6. The fraction of sp³-hybridized carbons (Fsp3) is 0.429. The second-order valence-corrected chi connectivity index (χ2v) is 10.5. The molecule has 1 amide bonds. The van der Waals surface area contributed by atoms with Crippen LogP contribution in [0.1, 0.15) is 45.8 Å². The van der Waals surface area contributed by atoms with Crippen molar-refractivity contribution in [3.8, 4) is 0 Å². The Balaban J connectivity index is 1.67. The molecule has 30 heavy (non-hydrogen) atoms. The first-order valence-corrected chi connectivity index (χ1v) is 12.2. The van der Waals surface area contributed by atoms with Gasteiger partial charge in [0.05, 0.1) is 4.90 Å². The molecular formula is C21H26N2O5S2. The normalized spacial score (nSPS) is 15.4. The maximum Gasteiger partial charge on any atom is 0.348 e. The molecule has 1 aromatic carbocycles. The summed E-state index contributed by atoms with van der Waals surface area (Å²) in [6, 6.07) is 8.23. The Bertz CT molecular complexity index is 1020. The number of nitrogens with one attached hydrogen (secondary N) is 1. The number of sulfonamides is 1. The minimum absolute atomic E-state index is 0.188. The highest BCUT2D eigenvalue weighted by Gasteiger charge is 2.27. The molecule has 3 rings (SSSR count). The van der Waals surface area contributed by atoms with Gasteiger partial charge in [0, 0.05) is 23.7 Å². The molecule has 162 valence electrons. The molecule has 0 saturated carbocycles. The van der Waals surface area contributed by atoms with E-state index in [1.807, 2.05) is 6.92 Å². The number of aryl methyl sites for hydroxylation is 2. The summed E-state index contributed by atoms with van der Waals surface area (Å²) in [4.78, 5) is 25.8. The van der Waals surface area contributed by atoms with Crippen molar-refractivity contribution < 1.29 is 22.7 Å². The number of rotatable bonds is 6. The Labute approximate surface area is 181 Å². The number of amides is 1. The van der Waals surface area contributed by atoms with E-state index in [1.54, 1.807) is 31.2 Å². The highest BCUT2D eigenvalue weighted by Crippen LogP contribution is 2.26. The van der Waals surface area contributed by atoms with E-state index in [2.05, 4.69) is 5.32 Å². The Kier molecular flexibility index (Phi) is 7.27. The van der Waals surface area contributed by atoms with Gasteiger partial charge in [-0.25, -0.2) is 13.2 Å². The third-order valence-corrected chi connectivity index (χ3v) is 7.95. The van der Waals surface area contributed by atoms with Crippen molar-refractivity contribution >= 4 is 38.9 Å². The van der Waals surface area contributed by atoms with Crippen molar-refractivity contribution in [3.63, 3.8) is 0 Å². The Morgan fingerprint density at radius 3 is 2.40 bits per heavy atom. The summed E-state index contributed by atoms with van der Waals surface area (Å²) < 4.78 is 32.8. The van der Waals surface area contributed by atoms with Crippen LogP contribution in [0, 0.1) is 13.8 Å². The van der Waals surface area contributed by atoms with Crippen LogP contribution in [0.25, 0.3) is 0 Å². The average Bonchev–Trinajstić information content (AvgIpc) is 2.96. The number of anilines is 1. The number of carbonyl (C=O) groups excluding carboxylic acids is 2. The average molecular weight is 451 g/mol. The Morgan fingerprint density at radius 1 is 1.07 bits per heavy atom. The molecule has 9 heteroatoms. The molecule has 1 aliphatic heterocycles. The van der Waals surface area contributed by atoms with Gasteiger partial charge in [0.2, 0.25) is 10.0 Å². The molecular weight excluding hydrogens is 424 g/mol. The minimum atomic E-state index is -3.64. The van der Waals surface area contributed by atoms with Crippen LogP contribution < -0.4 is 5.32 Å². The van der Waals surface area contributed by atoms with Gasteiger partial charge in [-0.05, 0) is 56.5 Å². The lowest BCUT2D eigenvalue weighted by atomic mass is 10.2. The molecule has 0 unspecified atom stereocenters. The lowest BCUT2D eigenvalue weighted by Crippen LogP contribution is -2.32. The van der Waals surface area contributed by atoms with Crippen LogP contribution in [0.15, 0.2) is 35.2 Å². The molecule has 0 bridgehead atoms. The predicted molar refractivity (Wildman–Crippen MR) is 116 cm³/mol. The number of hydrogen-bond donors (Lipinski definition) is 1. The molecule has 1 aromatic heterocycles. The van der Waals surface area contributed by atoms with Gasteiger partial charge in [0.25, 0.3) is 5.91 Å². The molecule has 2 aromatic rings. The van der Waals surface area contributed by atoms with Gasteiger partial charge >= 0.3 is 5.97 Å². The van der Waals surface area contributed by atoms with Crippen LogP contribution in [0.4, 0.5) is 5.69 Å². The van der Waals surface area contributed by atoms with Gasteiger partial charge in [-0.3, -0.25) is 4.79 Å². The maximum atomic E-state index is 13.1. The zero-order valence-corrected chi connectivity index (χ0v) is 18.8. The van der Waals surface area contributed by atoms with Crippen LogP contribution in [0.2, 0.25) is 0 Å². The summed E-state index contributed by atoms with van der Waals surface area (Å²) >= 11 is 1.30. The van der Waals surface area contributed by atoms with Crippen molar-refractivity contribution in [1.82, 2.24) is 4.31 Å². The van der Waals surface area contributed by atoms with Gasteiger partial charge in [-0.15, -0.1) is 11.3 Å². The van der Waals surface area contributed by atoms with Crippen LogP contribution >= 0.6 is 11.3 Å². The number of thiophene rings is 1. The molecule has 7 nitrogen and oxygen atoms in total. The highest BCUT2D eigenvalue weighted by molar-refractivity contribution is 7.89. The van der Waals surface area contributed by atoms with Crippen molar-refractivity contribution in [3.05, 3.63) is 45.6 Å². The van der Waals surface area contributed by atoms with Crippen LogP contribution in [0.5, 0.6) is 0 Å². The molecule has 1 fully saturated rings. The quantitative estimate of drug-likeness (QED) is 0.677. The zero-order chi connectivity index (χ0) is 21.7. The molecule has 0 spiro atoms. The lowest BCUT2D eigenvalue weighted by Gasteiger charge is -2.21. The third kappa shape index (κ3) is 5.47. The van der Waals surface area contributed by atoms with E-state index in [1.165, 1.54) is 21.7 Å². The number of carbonyl (C=O) groups is 2. The minimum Gasteiger partial charge on any atom is -0.451 e. The van der Waals surface area contributed by atoms with Gasteiger partial charge in [-0.1, -0.05) is 18.9 Å². The standard InChI is InChI=1S/C21H26N2O5S2/c1-15-7-9-17(13-19(15)30(26,27)23-11-5-3-4-6-12-23)22-20(24)14-28-21(25)18-10-8-16(2)29-18/h7-10,13H,3-6,11-12,14H2,1-2H3,(H,22,24). The molecule has 1 N–H and O–H groups in total. The van der Waals surface area contributed by atoms with Gasteiger partial charge in [0.15, 0.2) is 6.61 Å². The second-order valence-electron chi connectivity index (χ2n) is 7.33. The third-order valence-electron chi connectivity index (χ3n) is 4.93. The van der Waals surface area contributed by atoms with Crippen LogP contribution in [-0.2, 0) is 19.6 Å². The number of esters is 1. The van der Waals surface area contributed by atoms with E-state index < -0.39 is 28.5 Å². The monoisotopic (exact) mass is 450 g/mol. The SMILES string of the molecule is Cc1ccc(C(=O)OCC(=O)Nc2ccc(C)c(S(=O)(=O)N3CCCCCC3)c2)s1. The number of nitrogens with zero attached hydrogens (tertiary/aromatic N) is 1. The molecule has 1 aliphatic rings. The number of benzene rings is 1. The summed E-state index contributed by atoms with van der Waals surface area (Å²) in [7, 11) is -3.64. The first-order valence-electron chi connectivity index (χ1n) is 9.91. The molecule has 1 saturated heterocycles. The van der Waals surface area contributed by atoms with E-state index in [0.29, 0.717) is 29.2 Å².